The van der Waals surface area contributed by atoms with Gasteiger partial charge in [-0.25, -0.2) is 4.98 Å². The van der Waals surface area contributed by atoms with E-state index in [0.717, 1.165) is 9.86 Å². The van der Waals surface area contributed by atoms with Crippen LogP contribution >= 0.6 is 15.9 Å². The molecule has 0 bridgehead atoms. The van der Waals surface area contributed by atoms with E-state index in [0.29, 0.717) is 34.3 Å². The average Bonchev–Trinajstić information content (AvgIpc) is 2.70. The highest BCUT2D eigenvalue weighted by molar-refractivity contribution is 9.10. The Balaban J connectivity index is 1.90. The number of phenolic OH excluding ortho intramolecular Hbond substituents is 1. The summed E-state index contributed by atoms with van der Waals surface area (Å²) in [5, 5.41) is 11.3. The Labute approximate surface area is 164 Å². The van der Waals surface area contributed by atoms with E-state index in [-0.39, 0.29) is 5.75 Å². The predicted molar refractivity (Wildman–Crippen MR) is 107 cm³/mol. The standard InChI is InChI=1S/C21H15BrN2O3/c1-26-18-12-6-8-14(19(18)25)20-23-16-10-4-2-7-13(16)21(24-20)27-17-11-5-3-9-15(17)22/h2-12,25H,1H3. The van der Waals surface area contributed by atoms with Crippen molar-refractivity contribution in [3.63, 3.8) is 0 Å². The average molecular weight is 423 g/mol. The number of methoxy groups -OCH3 is 1. The van der Waals surface area contributed by atoms with E-state index in [1.807, 2.05) is 48.5 Å². The number of para-hydroxylation sites is 3. The minimum Gasteiger partial charge on any atom is -0.504 e. The zero-order valence-electron chi connectivity index (χ0n) is 14.4. The molecule has 6 heteroatoms. The number of hydrogen-bond acceptors (Lipinski definition) is 5. The Kier molecular flexibility index (Phi) is 4.64. The summed E-state index contributed by atoms with van der Waals surface area (Å²) >= 11 is 3.49. The molecule has 4 rings (SSSR count). The normalized spacial score (nSPS) is 10.7. The molecule has 0 atom stereocenters. The second-order valence-electron chi connectivity index (χ2n) is 5.76. The van der Waals surface area contributed by atoms with Crippen LogP contribution < -0.4 is 9.47 Å². The van der Waals surface area contributed by atoms with Crippen molar-refractivity contribution in [3.05, 3.63) is 71.2 Å². The smallest absolute Gasteiger partial charge is 0.230 e. The van der Waals surface area contributed by atoms with E-state index in [2.05, 4.69) is 25.9 Å². The molecule has 27 heavy (non-hydrogen) atoms. The maximum atomic E-state index is 10.5. The number of aromatic hydroxyl groups is 1. The number of rotatable bonds is 4. The first-order valence-corrected chi connectivity index (χ1v) is 9.02. The number of fused-ring (bicyclic) bond motifs is 1. The van der Waals surface area contributed by atoms with Crippen LogP contribution in [0.15, 0.2) is 71.2 Å². The van der Waals surface area contributed by atoms with Gasteiger partial charge in [0, 0.05) is 0 Å². The van der Waals surface area contributed by atoms with E-state index in [4.69, 9.17) is 9.47 Å². The maximum absolute atomic E-state index is 10.5. The molecule has 0 aliphatic rings. The van der Waals surface area contributed by atoms with Crippen molar-refractivity contribution >= 4 is 26.8 Å². The van der Waals surface area contributed by atoms with Gasteiger partial charge in [-0.3, -0.25) is 0 Å². The molecular formula is C21H15BrN2O3. The van der Waals surface area contributed by atoms with Crippen LogP contribution in [-0.4, -0.2) is 22.2 Å². The molecule has 0 fully saturated rings. The first kappa shape index (κ1) is 17.3. The molecule has 1 heterocycles. The van der Waals surface area contributed by atoms with Crippen molar-refractivity contribution in [2.75, 3.05) is 7.11 Å². The Bertz CT molecular complexity index is 1130. The first-order chi connectivity index (χ1) is 13.2. The van der Waals surface area contributed by atoms with Gasteiger partial charge < -0.3 is 14.6 Å². The third kappa shape index (κ3) is 3.31. The number of hydrogen-bond donors (Lipinski definition) is 1. The lowest BCUT2D eigenvalue weighted by atomic mass is 10.1. The van der Waals surface area contributed by atoms with E-state index in [1.54, 1.807) is 18.2 Å². The van der Waals surface area contributed by atoms with Crippen molar-refractivity contribution in [1.82, 2.24) is 9.97 Å². The number of halogens is 1. The van der Waals surface area contributed by atoms with Gasteiger partial charge in [-0.2, -0.15) is 4.98 Å². The zero-order chi connectivity index (χ0) is 18.8. The zero-order valence-corrected chi connectivity index (χ0v) is 16.0. The van der Waals surface area contributed by atoms with Gasteiger partial charge in [0.1, 0.15) is 5.75 Å². The molecule has 0 unspecified atom stereocenters. The summed E-state index contributed by atoms with van der Waals surface area (Å²) in [5.41, 5.74) is 1.18. The van der Waals surface area contributed by atoms with Crippen LogP contribution in [0.5, 0.6) is 23.1 Å². The monoisotopic (exact) mass is 422 g/mol. The first-order valence-electron chi connectivity index (χ1n) is 8.23. The molecule has 0 saturated carbocycles. The molecule has 4 aromatic rings. The third-order valence-electron chi connectivity index (χ3n) is 4.07. The van der Waals surface area contributed by atoms with Crippen LogP contribution in [0.3, 0.4) is 0 Å². The number of benzene rings is 3. The van der Waals surface area contributed by atoms with Crippen LogP contribution in [0.1, 0.15) is 0 Å². The van der Waals surface area contributed by atoms with Gasteiger partial charge in [0.2, 0.25) is 5.88 Å². The molecule has 0 saturated heterocycles. The van der Waals surface area contributed by atoms with E-state index in [9.17, 15) is 5.11 Å². The second-order valence-corrected chi connectivity index (χ2v) is 6.61. The molecule has 134 valence electrons. The Morgan fingerprint density at radius 3 is 2.41 bits per heavy atom. The number of phenols is 1. The maximum Gasteiger partial charge on any atom is 0.230 e. The molecular weight excluding hydrogens is 408 g/mol. The summed E-state index contributed by atoms with van der Waals surface area (Å²) in [6.45, 7) is 0. The fraction of sp³-hybridized carbons (Fsp3) is 0.0476. The highest BCUT2D eigenvalue weighted by atomic mass is 79.9. The van der Waals surface area contributed by atoms with Gasteiger partial charge in [-0.15, -0.1) is 0 Å². The SMILES string of the molecule is COc1cccc(-c2nc(Oc3ccccc3Br)c3ccccc3n2)c1O. The minimum atomic E-state index is -0.0119. The van der Waals surface area contributed by atoms with E-state index in [1.165, 1.54) is 7.11 Å². The summed E-state index contributed by atoms with van der Waals surface area (Å²) in [5.74, 6) is 1.75. The summed E-state index contributed by atoms with van der Waals surface area (Å²) < 4.78 is 12.1. The molecule has 0 amide bonds. The number of nitrogens with zero attached hydrogens (tertiary/aromatic N) is 2. The van der Waals surface area contributed by atoms with Crippen LogP contribution in [0.2, 0.25) is 0 Å². The van der Waals surface area contributed by atoms with Crippen LogP contribution in [0.4, 0.5) is 0 Å². The minimum absolute atomic E-state index is 0.0119. The van der Waals surface area contributed by atoms with Gasteiger partial charge in [0.25, 0.3) is 0 Å². The lowest BCUT2D eigenvalue weighted by molar-refractivity contribution is 0.374. The Morgan fingerprint density at radius 2 is 1.59 bits per heavy atom. The fourth-order valence-corrected chi connectivity index (χ4v) is 3.11. The summed E-state index contributed by atoms with van der Waals surface area (Å²) in [4.78, 5) is 9.16. The highest BCUT2D eigenvalue weighted by Crippen LogP contribution is 2.38. The lowest BCUT2D eigenvalue weighted by Gasteiger charge is -2.12. The van der Waals surface area contributed by atoms with Crippen LogP contribution in [-0.2, 0) is 0 Å². The van der Waals surface area contributed by atoms with Gasteiger partial charge in [0.05, 0.1) is 28.0 Å². The molecule has 1 aromatic heterocycles. The van der Waals surface area contributed by atoms with Crippen LogP contribution in [0, 0.1) is 0 Å². The topological polar surface area (TPSA) is 64.5 Å². The lowest BCUT2D eigenvalue weighted by Crippen LogP contribution is -1.97. The van der Waals surface area contributed by atoms with E-state index >= 15 is 0 Å². The third-order valence-corrected chi connectivity index (χ3v) is 4.73. The summed E-state index contributed by atoms with van der Waals surface area (Å²) in [6, 6.07) is 20.3. The predicted octanol–water partition coefficient (Wildman–Crippen LogP) is 5.57. The quantitative estimate of drug-likeness (QED) is 0.465. The molecule has 0 aliphatic heterocycles. The molecule has 5 nitrogen and oxygen atoms in total. The van der Waals surface area contributed by atoms with Crippen LogP contribution in [0.25, 0.3) is 22.3 Å². The van der Waals surface area contributed by atoms with Crippen molar-refractivity contribution in [2.24, 2.45) is 0 Å². The summed E-state index contributed by atoms with van der Waals surface area (Å²) in [6.07, 6.45) is 0. The highest BCUT2D eigenvalue weighted by Gasteiger charge is 2.16. The summed E-state index contributed by atoms with van der Waals surface area (Å²) in [7, 11) is 1.50. The van der Waals surface area contributed by atoms with Crippen molar-refractivity contribution in [2.45, 2.75) is 0 Å². The molecule has 0 radical (unpaired) electrons. The number of ether oxygens (including phenoxy) is 2. The fourth-order valence-electron chi connectivity index (χ4n) is 2.74. The van der Waals surface area contributed by atoms with Gasteiger partial charge in [-0.1, -0.05) is 30.3 Å². The Hall–Kier alpha value is -3.12. The molecule has 0 spiro atoms. The van der Waals surface area contributed by atoms with Crippen molar-refractivity contribution < 1.29 is 14.6 Å². The Morgan fingerprint density at radius 1 is 0.852 bits per heavy atom. The van der Waals surface area contributed by atoms with Crippen molar-refractivity contribution in [3.8, 4) is 34.5 Å². The molecule has 1 N–H and O–H groups in total. The largest absolute Gasteiger partial charge is 0.504 e. The van der Waals surface area contributed by atoms with Gasteiger partial charge in [0.15, 0.2) is 17.3 Å². The second kappa shape index (κ2) is 7.25. The number of aromatic nitrogens is 2. The molecule has 0 aliphatic carbocycles. The van der Waals surface area contributed by atoms with Gasteiger partial charge >= 0.3 is 0 Å². The van der Waals surface area contributed by atoms with Gasteiger partial charge in [-0.05, 0) is 52.3 Å². The van der Waals surface area contributed by atoms with Crippen molar-refractivity contribution in [1.29, 1.82) is 0 Å². The van der Waals surface area contributed by atoms with E-state index < -0.39 is 0 Å². The molecule has 3 aromatic carbocycles.